The average molecular weight is 261 g/mol. The lowest BCUT2D eigenvalue weighted by Crippen LogP contribution is -2.24. The Balaban J connectivity index is 2.66. The molecular formula is C16H23NO2. The number of likely N-dealkylation sites (N-methyl/N-ethyl adjacent to an activating group) is 1. The van der Waals surface area contributed by atoms with Crippen LogP contribution in [0.1, 0.15) is 26.3 Å². The number of benzene rings is 1. The van der Waals surface area contributed by atoms with E-state index in [1.54, 1.807) is 25.1 Å². The van der Waals surface area contributed by atoms with Gasteiger partial charge in [0.05, 0.1) is 7.11 Å². The number of hydrogen-bond donors (Lipinski definition) is 0. The Labute approximate surface area is 115 Å². The molecule has 1 aromatic rings. The summed E-state index contributed by atoms with van der Waals surface area (Å²) >= 11 is 0. The van der Waals surface area contributed by atoms with Gasteiger partial charge in [-0.1, -0.05) is 39.0 Å². The second-order valence-corrected chi connectivity index (χ2v) is 5.75. The van der Waals surface area contributed by atoms with Gasteiger partial charge >= 0.3 is 0 Å². The van der Waals surface area contributed by atoms with E-state index in [1.807, 2.05) is 30.3 Å². The van der Waals surface area contributed by atoms with Crippen LogP contribution in [0.5, 0.6) is 5.75 Å². The Morgan fingerprint density at radius 3 is 2.63 bits per heavy atom. The Bertz CT molecular complexity index is 458. The van der Waals surface area contributed by atoms with Gasteiger partial charge in [-0.2, -0.15) is 0 Å². The van der Waals surface area contributed by atoms with E-state index in [0.29, 0.717) is 6.54 Å². The number of hydrogen-bond acceptors (Lipinski definition) is 2. The number of carbonyl (C=O) groups is 1. The van der Waals surface area contributed by atoms with Gasteiger partial charge in [0.1, 0.15) is 5.75 Å². The first-order valence-corrected chi connectivity index (χ1v) is 6.39. The van der Waals surface area contributed by atoms with Crippen molar-refractivity contribution in [2.75, 3.05) is 14.2 Å². The number of carbonyl (C=O) groups excluding carboxylic acids is 1. The van der Waals surface area contributed by atoms with Gasteiger partial charge in [-0.3, -0.25) is 4.79 Å². The van der Waals surface area contributed by atoms with E-state index in [4.69, 9.17) is 4.74 Å². The van der Waals surface area contributed by atoms with Crippen LogP contribution in [0.2, 0.25) is 0 Å². The minimum atomic E-state index is 0.0118. The molecule has 0 saturated carbocycles. The van der Waals surface area contributed by atoms with E-state index in [9.17, 15) is 4.79 Å². The molecule has 0 aliphatic heterocycles. The lowest BCUT2D eigenvalue weighted by atomic mass is 9.96. The van der Waals surface area contributed by atoms with Crippen molar-refractivity contribution in [3.05, 3.63) is 42.0 Å². The molecule has 0 N–H and O–H groups in total. The van der Waals surface area contributed by atoms with Crippen LogP contribution in [0.4, 0.5) is 0 Å². The summed E-state index contributed by atoms with van der Waals surface area (Å²) in [5.74, 6) is 0.821. The molecular weight excluding hydrogens is 238 g/mol. The number of amides is 1. The molecule has 0 aliphatic carbocycles. The van der Waals surface area contributed by atoms with Crippen LogP contribution in [-0.4, -0.2) is 25.0 Å². The van der Waals surface area contributed by atoms with Gasteiger partial charge in [0.2, 0.25) is 5.91 Å². The second kappa shape index (κ2) is 6.41. The highest BCUT2D eigenvalue weighted by atomic mass is 16.5. The Hall–Kier alpha value is -1.77. The molecule has 3 nitrogen and oxygen atoms in total. The van der Waals surface area contributed by atoms with E-state index in [-0.39, 0.29) is 11.3 Å². The predicted molar refractivity (Wildman–Crippen MR) is 78.1 cm³/mol. The van der Waals surface area contributed by atoms with E-state index < -0.39 is 0 Å². The van der Waals surface area contributed by atoms with Gasteiger partial charge in [-0.25, -0.2) is 0 Å². The quantitative estimate of drug-likeness (QED) is 0.779. The fourth-order valence-corrected chi connectivity index (χ4v) is 1.57. The third kappa shape index (κ3) is 5.60. The molecule has 19 heavy (non-hydrogen) atoms. The zero-order valence-electron chi connectivity index (χ0n) is 12.4. The van der Waals surface area contributed by atoms with Crippen molar-refractivity contribution in [1.29, 1.82) is 0 Å². The molecule has 3 heteroatoms. The van der Waals surface area contributed by atoms with E-state index in [0.717, 1.165) is 11.3 Å². The first kappa shape index (κ1) is 15.3. The zero-order chi connectivity index (χ0) is 14.5. The number of rotatable bonds is 4. The van der Waals surface area contributed by atoms with E-state index >= 15 is 0 Å². The Kier molecular flexibility index (Phi) is 5.16. The average Bonchev–Trinajstić information content (AvgIpc) is 2.35. The molecule has 0 radical (unpaired) electrons. The van der Waals surface area contributed by atoms with Gasteiger partial charge in [0.25, 0.3) is 0 Å². The summed E-state index contributed by atoms with van der Waals surface area (Å²) in [5, 5.41) is 0. The van der Waals surface area contributed by atoms with Crippen LogP contribution < -0.4 is 4.74 Å². The van der Waals surface area contributed by atoms with E-state index in [1.165, 1.54) is 0 Å². The van der Waals surface area contributed by atoms with Crippen molar-refractivity contribution < 1.29 is 9.53 Å². The van der Waals surface area contributed by atoms with Crippen molar-refractivity contribution in [2.45, 2.75) is 27.3 Å². The monoisotopic (exact) mass is 261 g/mol. The fraction of sp³-hybridized carbons (Fsp3) is 0.438. The molecule has 0 aliphatic rings. The van der Waals surface area contributed by atoms with Crippen LogP contribution in [0.15, 0.2) is 36.4 Å². The lowest BCUT2D eigenvalue weighted by molar-refractivity contribution is -0.125. The van der Waals surface area contributed by atoms with Gasteiger partial charge < -0.3 is 9.64 Å². The summed E-state index contributed by atoms with van der Waals surface area (Å²) < 4.78 is 5.17. The number of allylic oxidation sites excluding steroid dienone is 1. The number of nitrogens with zero attached hydrogens (tertiary/aromatic N) is 1. The summed E-state index contributed by atoms with van der Waals surface area (Å²) in [5.41, 5.74) is 1.08. The van der Waals surface area contributed by atoms with Gasteiger partial charge in [-0.05, 0) is 29.2 Å². The highest BCUT2D eigenvalue weighted by Gasteiger charge is 2.09. The topological polar surface area (TPSA) is 29.5 Å². The number of ether oxygens (including phenoxy) is 1. The highest BCUT2D eigenvalue weighted by Crippen LogP contribution is 2.16. The fourth-order valence-electron chi connectivity index (χ4n) is 1.57. The molecule has 0 aromatic heterocycles. The standard InChI is InChI=1S/C16H23NO2/c1-16(2,3)10-9-15(18)17(4)12-13-7-6-8-14(11-13)19-5/h6-11H,12H2,1-5H3/b10-9-. The molecule has 104 valence electrons. The van der Waals surface area contributed by atoms with Gasteiger partial charge in [0, 0.05) is 13.6 Å². The van der Waals surface area contributed by atoms with Crippen LogP contribution in [-0.2, 0) is 11.3 Å². The smallest absolute Gasteiger partial charge is 0.246 e. The third-order valence-electron chi connectivity index (χ3n) is 2.66. The van der Waals surface area contributed by atoms with Crippen LogP contribution in [0, 0.1) is 5.41 Å². The maximum atomic E-state index is 12.0. The maximum Gasteiger partial charge on any atom is 0.246 e. The van der Waals surface area contributed by atoms with Gasteiger partial charge in [0.15, 0.2) is 0 Å². The molecule has 0 fully saturated rings. The molecule has 0 bridgehead atoms. The molecule has 1 aromatic carbocycles. The third-order valence-corrected chi connectivity index (χ3v) is 2.66. The van der Waals surface area contributed by atoms with Crippen LogP contribution >= 0.6 is 0 Å². The van der Waals surface area contributed by atoms with E-state index in [2.05, 4.69) is 20.8 Å². The molecule has 0 spiro atoms. The Morgan fingerprint density at radius 2 is 2.05 bits per heavy atom. The summed E-state index contributed by atoms with van der Waals surface area (Å²) in [6.07, 6.45) is 3.57. The molecule has 1 rings (SSSR count). The van der Waals surface area contributed by atoms with Crippen LogP contribution in [0.25, 0.3) is 0 Å². The van der Waals surface area contributed by atoms with Crippen molar-refractivity contribution in [2.24, 2.45) is 5.41 Å². The number of methoxy groups -OCH3 is 1. The van der Waals surface area contributed by atoms with Crippen molar-refractivity contribution in [1.82, 2.24) is 4.90 Å². The molecule has 1 amide bonds. The molecule has 0 heterocycles. The predicted octanol–water partition coefficient (Wildman–Crippen LogP) is 3.26. The summed E-state index contributed by atoms with van der Waals surface area (Å²) in [6, 6.07) is 7.75. The molecule has 0 unspecified atom stereocenters. The second-order valence-electron chi connectivity index (χ2n) is 5.75. The lowest BCUT2D eigenvalue weighted by Gasteiger charge is -2.17. The van der Waals surface area contributed by atoms with Gasteiger partial charge in [-0.15, -0.1) is 0 Å². The first-order chi connectivity index (χ1) is 8.81. The molecule has 0 saturated heterocycles. The van der Waals surface area contributed by atoms with Crippen LogP contribution in [0.3, 0.4) is 0 Å². The largest absolute Gasteiger partial charge is 0.497 e. The summed E-state index contributed by atoms with van der Waals surface area (Å²) in [6.45, 7) is 6.78. The van der Waals surface area contributed by atoms with Crippen molar-refractivity contribution in [3.63, 3.8) is 0 Å². The van der Waals surface area contributed by atoms with Crippen molar-refractivity contribution in [3.8, 4) is 5.75 Å². The summed E-state index contributed by atoms with van der Waals surface area (Å²) in [4.78, 5) is 13.6. The Morgan fingerprint density at radius 1 is 1.37 bits per heavy atom. The first-order valence-electron chi connectivity index (χ1n) is 6.39. The zero-order valence-corrected chi connectivity index (χ0v) is 12.4. The SMILES string of the molecule is COc1cccc(CN(C)C(=O)/C=C\C(C)(C)C)c1. The normalized spacial score (nSPS) is 11.6. The minimum Gasteiger partial charge on any atom is -0.497 e. The molecule has 0 atom stereocenters. The maximum absolute atomic E-state index is 12.0. The summed E-state index contributed by atoms with van der Waals surface area (Å²) in [7, 11) is 3.44. The highest BCUT2D eigenvalue weighted by molar-refractivity contribution is 5.87. The van der Waals surface area contributed by atoms with Crippen molar-refractivity contribution >= 4 is 5.91 Å². The minimum absolute atomic E-state index is 0.0118.